The molecule has 0 spiro atoms. The molecule has 3 aromatic carbocycles. The van der Waals surface area contributed by atoms with Crippen LogP contribution in [0.2, 0.25) is 0 Å². The quantitative estimate of drug-likeness (QED) is 0.289. The Bertz CT molecular complexity index is 1610. The summed E-state index contributed by atoms with van der Waals surface area (Å²) in [5.41, 5.74) is 8.14. The van der Waals surface area contributed by atoms with Crippen molar-refractivity contribution < 1.29 is 4.79 Å². The SMILES string of the molecule is CCc1nn(-c2ccccc2)c2c1CN(C(=O)Nc1ccccc1C)C(c1cccc(C)c1)c1cccn1-2. The molecule has 1 aliphatic rings. The Hall–Kier alpha value is -4.58. The van der Waals surface area contributed by atoms with Crippen LogP contribution >= 0.6 is 0 Å². The van der Waals surface area contributed by atoms with E-state index in [1.165, 1.54) is 0 Å². The van der Waals surface area contributed by atoms with Gasteiger partial charge in [0, 0.05) is 17.4 Å². The van der Waals surface area contributed by atoms with Gasteiger partial charge in [-0.3, -0.25) is 0 Å². The number of aryl methyl sites for hydroxylation is 3. The van der Waals surface area contributed by atoms with Gasteiger partial charge in [0.25, 0.3) is 0 Å². The third-order valence-electron chi connectivity index (χ3n) is 7.31. The Kier molecular flexibility index (Phi) is 6.08. The first-order valence-electron chi connectivity index (χ1n) is 13.1. The van der Waals surface area contributed by atoms with Crippen LogP contribution in [0.5, 0.6) is 0 Å². The Morgan fingerprint density at radius 2 is 1.74 bits per heavy atom. The zero-order chi connectivity index (χ0) is 26.2. The molecule has 1 N–H and O–H groups in total. The van der Waals surface area contributed by atoms with Crippen LogP contribution in [-0.2, 0) is 13.0 Å². The Morgan fingerprint density at radius 1 is 0.947 bits per heavy atom. The zero-order valence-corrected chi connectivity index (χ0v) is 21.9. The molecular weight excluding hydrogens is 470 g/mol. The highest BCUT2D eigenvalue weighted by Gasteiger charge is 2.36. The fourth-order valence-electron chi connectivity index (χ4n) is 5.44. The maximum absolute atomic E-state index is 14.1. The number of hydrogen-bond acceptors (Lipinski definition) is 2. The predicted molar refractivity (Wildman–Crippen MR) is 151 cm³/mol. The fourth-order valence-corrected chi connectivity index (χ4v) is 5.44. The van der Waals surface area contributed by atoms with E-state index in [0.717, 1.165) is 57.3 Å². The first-order valence-corrected chi connectivity index (χ1v) is 13.1. The van der Waals surface area contributed by atoms with Gasteiger partial charge < -0.3 is 14.8 Å². The van der Waals surface area contributed by atoms with Crippen molar-refractivity contribution in [2.24, 2.45) is 0 Å². The molecule has 38 heavy (non-hydrogen) atoms. The minimum absolute atomic E-state index is 0.138. The lowest BCUT2D eigenvalue weighted by Gasteiger charge is -2.31. The summed E-state index contributed by atoms with van der Waals surface area (Å²) in [6.45, 7) is 6.66. The van der Waals surface area contributed by atoms with Crippen molar-refractivity contribution in [2.45, 2.75) is 39.8 Å². The van der Waals surface area contributed by atoms with Gasteiger partial charge in [0.15, 0.2) is 0 Å². The van der Waals surface area contributed by atoms with Gasteiger partial charge in [-0.15, -0.1) is 0 Å². The van der Waals surface area contributed by atoms with Crippen molar-refractivity contribution in [1.82, 2.24) is 19.2 Å². The van der Waals surface area contributed by atoms with Gasteiger partial charge in [-0.1, -0.05) is 73.2 Å². The summed E-state index contributed by atoms with van der Waals surface area (Å²) in [5.74, 6) is 0.983. The Balaban J connectivity index is 1.57. The molecule has 6 rings (SSSR count). The second kappa shape index (κ2) is 9.71. The Morgan fingerprint density at radius 3 is 2.50 bits per heavy atom. The van der Waals surface area contributed by atoms with Crippen LogP contribution in [0, 0.1) is 13.8 Å². The molecule has 2 aromatic heterocycles. The van der Waals surface area contributed by atoms with Crippen molar-refractivity contribution in [2.75, 3.05) is 5.32 Å². The first-order chi connectivity index (χ1) is 18.5. The monoisotopic (exact) mass is 501 g/mol. The topological polar surface area (TPSA) is 55.1 Å². The standard InChI is InChI=1S/C32H31N5O/c1-4-27-26-21-36(32(38)33-28-17-9-8-13-23(28)3)30(24-14-10-12-22(2)20-24)29-18-11-19-35(29)31(26)37(34-27)25-15-6-5-7-16-25/h5-20,30H,4,21H2,1-3H3,(H,33,38). The third kappa shape index (κ3) is 4.08. The van der Waals surface area contributed by atoms with Gasteiger partial charge in [0.2, 0.25) is 0 Å². The van der Waals surface area contributed by atoms with Crippen LogP contribution in [0.15, 0.2) is 97.2 Å². The number of urea groups is 1. The molecule has 1 aliphatic heterocycles. The van der Waals surface area contributed by atoms with E-state index in [-0.39, 0.29) is 12.1 Å². The van der Waals surface area contributed by atoms with Gasteiger partial charge in [-0.25, -0.2) is 9.48 Å². The average Bonchev–Trinajstić information content (AvgIpc) is 3.51. The molecule has 6 heteroatoms. The number of hydrogen-bond donors (Lipinski definition) is 1. The van der Waals surface area contributed by atoms with E-state index in [2.05, 4.69) is 78.5 Å². The van der Waals surface area contributed by atoms with Crippen molar-refractivity contribution in [3.05, 3.63) is 131 Å². The number of nitrogens with one attached hydrogen (secondary N) is 1. The molecule has 5 aromatic rings. The average molecular weight is 502 g/mol. The molecule has 3 heterocycles. The minimum atomic E-state index is -0.282. The van der Waals surface area contributed by atoms with Crippen LogP contribution in [0.4, 0.5) is 10.5 Å². The molecule has 190 valence electrons. The first kappa shape index (κ1) is 23.8. The summed E-state index contributed by atoms with van der Waals surface area (Å²) < 4.78 is 4.23. The maximum Gasteiger partial charge on any atom is 0.322 e. The van der Waals surface area contributed by atoms with Crippen molar-refractivity contribution >= 4 is 11.7 Å². The van der Waals surface area contributed by atoms with Crippen molar-refractivity contribution in [3.63, 3.8) is 0 Å². The molecule has 0 fully saturated rings. The highest BCUT2D eigenvalue weighted by Crippen LogP contribution is 2.39. The summed E-state index contributed by atoms with van der Waals surface area (Å²) in [5, 5.41) is 8.24. The van der Waals surface area contributed by atoms with Gasteiger partial charge >= 0.3 is 6.03 Å². The number of nitrogens with zero attached hydrogens (tertiary/aromatic N) is 4. The van der Waals surface area contributed by atoms with Gasteiger partial charge in [0.1, 0.15) is 5.82 Å². The summed E-state index contributed by atoms with van der Waals surface area (Å²) in [6.07, 6.45) is 2.85. The second-order valence-electron chi connectivity index (χ2n) is 9.84. The van der Waals surface area contributed by atoms with E-state index in [0.29, 0.717) is 6.54 Å². The third-order valence-corrected chi connectivity index (χ3v) is 7.31. The van der Waals surface area contributed by atoms with Gasteiger partial charge in [-0.2, -0.15) is 5.10 Å². The summed E-state index contributed by atoms with van der Waals surface area (Å²) in [7, 11) is 0. The Labute approximate surface area is 223 Å². The molecule has 0 bridgehead atoms. The van der Waals surface area contributed by atoms with Gasteiger partial charge in [0.05, 0.1) is 29.7 Å². The number of para-hydroxylation sites is 2. The summed E-state index contributed by atoms with van der Waals surface area (Å²) in [6, 6.07) is 30.3. The number of amides is 2. The van der Waals surface area contributed by atoms with E-state index >= 15 is 0 Å². The van der Waals surface area contributed by atoms with Crippen molar-refractivity contribution in [1.29, 1.82) is 0 Å². The van der Waals surface area contributed by atoms with E-state index in [9.17, 15) is 4.79 Å². The molecule has 2 amide bonds. The summed E-state index contributed by atoms with van der Waals surface area (Å²) >= 11 is 0. The molecule has 0 saturated heterocycles. The van der Waals surface area contributed by atoms with Crippen LogP contribution in [-0.4, -0.2) is 25.3 Å². The second-order valence-corrected chi connectivity index (χ2v) is 9.84. The summed E-state index contributed by atoms with van der Waals surface area (Å²) in [4.78, 5) is 16.1. The molecule has 0 aliphatic carbocycles. The zero-order valence-electron chi connectivity index (χ0n) is 21.9. The number of benzene rings is 3. The van der Waals surface area contributed by atoms with Gasteiger partial charge in [-0.05, 0) is 61.7 Å². The lowest BCUT2D eigenvalue weighted by atomic mass is 10.00. The van der Waals surface area contributed by atoms with Crippen LogP contribution in [0.25, 0.3) is 11.5 Å². The van der Waals surface area contributed by atoms with Crippen LogP contribution < -0.4 is 5.32 Å². The van der Waals surface area contributed by atoms with Crippen LogP contribution in [0.1, 0.15) is 46.6 Å². The number of aromatic nitrogens is 3. The lowest BCUT2D eigenvalue weighted by molar-refractivity contribution is 0.194. The molecule has 0 saturated carbocycles. The highest BCUT2D eigenvalue weighted by atomic mass is 16.2. The van der Waals surface area contributed by atoms with E-state index in [1.807, 2.05) is 59.0 Å². The van der Waals surface area contributed by atoms with E-state index in [1.54, 1.807) is 0 Å². The molecule has 6 nitrogen and oxygen atoms in total. The number of fused-ring (bicyclic) bond motifs is 3. The molecule has 1 unspecified atom stereocenters. The molecule has 1 atom stereocenters. The minimum Gasteiger partial charge on any atom is -0.308 e. The number of carbonyl (C=O) groups excluding carboxylic acids is 1. The molecule has 0 radical (unpaired) electrons. The van der Waals surface area contributed by atoms with Crippen molar-refractivity contribution in [3.8, 4) is 11.5 Å². The van der Waals surface area contributed by atoms with E-state index in [4.69, 9.17) is 5.10 Å². The highest BCUT2D eigenvalue weighted by molar-refractivity contribution is 5.91. The van der Waals surface area contributed by atoms with E-state index < -0.39 is 0 Å². The number of rotatable bonds is 4. The largest absolute Gasteiger partial charge is 0.322 e. The normalized spacial score (nSPS) is 14.5. The maximum atomic E-state index is 14.1. The predicted octanol–water partition coefficient (Wildman–Crippen LogP) is 6.98. The smallest absolute Gasteiger partial charge is 0.308 e. The van der Waals surface area contributed by atoms with Crippen LogP contribution in [0.3, 0.4) is 0 Å². The lowest BCUT2D eigenvalue weighted by Crippen LogP contribution is -2.38. The molecular formula is C32H31N5O. The number of carbonyl (C=O) groups is 1. The number of anilines is 1. The fraction of sp³-hybridized carbons (Fsp3) is 0.188.